The molecule has 0 saturated carbocycles. The van der Waals surface area contributed by atoms with Crippen LogP contribution >= 0.6 is 11.3 Å². The van der Waals surface area contributed by atoms with Crippen LogP contribution in [-0.2, 0) is 22.6 Å². The average Bonchev–Trinajstić information content (AvgIpc) is 3.51. The zero-order valence-electron chi connectivity index (χ0n) is 20.4. The van der Waals surface area contributed by atoms with E-state index in [1.807, 2.05) is 22.4 Å². The van der Waals surface area contributed by atoms with Crippen molar-refractivity contribution < 1.29 is 14.3 Å². The molecule has 182 valence electrons. The number of aryl methyl sites for hydroxylation is 1. The van der Waals surface area contributed by atoms with E-state index in [1.54, 1.807) is 18.1 Å². The normalized spacial score (nSPS) is 10.9. The van der Waals surface area contributed by atoms with E-state index in [9.17, 15) is 9.59 Å². The second-order valence-electron chi connectivity index (χ2n) is 8.48. The standard InChI is InChI=1S/C27H35N3O3S/c1-4-5-13-29(20-24-11-7-14-28(24)19-23-10-6-9-22(2)18-23)26(31)21-30(15-16-33-3)27(32)25-12-8-17-34-25/h6-12,14,17-18H,4-5,13,15-16,19-21H2,1-3H3. The van der Waals surface area contributed by atoms with Crippen LogP contribution in [0.25, 0.3) is 0 Å². The summed E-state index contributed by atoms with van der Waals surface area (Å²) in [6, 6.07) is 16.2. The average molecular weight is 482 g/mol. The Hall–Kier alpha value is -2.90. The molecule has 1 aromatic carbocycles. The number of carbonyl (C=O) groups excluding carboxylic acids is 2. The summed E-state index contributed by atoms with van der Waals surface area (Å²) in [4.78, 5) is 30.5. The molecule has 2 aromatic heterocycles. The van der Waals surface area contributed by atoms with Gasteiger partial charge in [0, 0.05) is 38.6 Å². The molecule has 0 N–H and O–H groups in total. The number of hydrogen-bond acceptors (Lipinski definition) is 4. The molecule has 0 aliphatic rings. The van der Waals surface area contributed by atoms with E-state index in [2.05, 4.69) is 54.9 Å². The molecule has 2 amide bonds. The molecule has 0 fully saturated rings. The number of nitrogens with zero attached hydrogens (tertiary/aromatic N) is 3. The summed E-state index contributed by atoms with van der Waals surface area (Å²) in [6.45, 7) is 6.97. The Morgan fingerprint density at radius 1 is 1.06 bits per heavy atom. The van der Waals surface area contributed by atoms with Crippen molar-refractivity contribution in [2.45, 2.75) is 39.8 Å². The van der Waals surface area contributed by atoms with Gasteiger partial charge in [-0.05, 0) is 42.5 Å². The zero-order valence-corrected chi connectivity index (χ0v) is 21.2. The van der Waals surface area contributed by atoms with Gasteiger partial charge in [0.25, 0.3) is 5.91 Å². The zero-order chi connectivity index (χ0) is 24.3. The van der Waals surface area contributed by atoms with Crippen molar-refractivity contribution in [1.82, 2.24) is 14.4 Å². The molecule has 7 heteroatoms. The highest BCUT2D eigenvalue weighted by atomic mass is 32.1. The summed E-state index contributed by atoms with van der Waals surface area (Å²) < 4.78 is 7.39. The second kappa shape index (κ2) is 13.1. The van der Waals surface area contributed by atoms with E-state index in [-0.39, 0.29) is 18.4 Å². The molecule has 34 heavy (non-hydrogen) atoms. The van der Waals surface area contributed by atoms with Crippen LogP contribution in [0.2, 0.25) is 0 Å². The molecule has 0 radical (unpaired) electrons. The SMILES string of the molecule is CCCCN(Cc1cccn1Cc1cccc(C)c1)C(=O)CN(CCOC)C(=O)c1cccs1. The summed E-state index contributed by atoms with van der Waals surface area (Å²) >= 11 is 1.39. The summed E-state index contributed by atoms with van der Waals surface area (Å²) in [5.74, 6) is -0.170. The molecule has 0 saturated heterocycles. The van der Waals surface area contributed by atoms with Crippen molar-refractivity contribution in [2.75, 3.05) is 33.4 Å². The number of unbranched alkanes of at least 4 members (excludes halogenated alkanes) is 1. The largest absolute Gasteiger partial charge is 0.383 e. The monoisotopic (exact) mass is 481 g/mol. The molecule has 0 unspecified atom stereocenters. The number of rotatable bonds is 13. The van der Waals surface area contributed by atoms with E-state index in [0.29, 0.717) is 31.1 Å². The minimum absolute atomic E-state index is 0.0437. The number of methoxy groups -OCH3 is 1. The Morgan fingerprint density at radius 2 is 1.91 bits per heavy atom. The minimum Gasteiger partial charge on any atom is -0.383 e. The molecular formula is C27H35N3O3S. The number of ether oxygens (including phenoxy) is 1. The lowest BCUT2D eigenvalue weighted by molar-refractivity contribution is -0.132. The van der Waals surface area contributed by atoms with Crippen molar-refractivity contribution in [1.29, 1.82) is 0 Å². The van der Waals surface area contributed by atoms with Gasteiger partial charge in [-0.25, -0.2) is 0 Å². The van der Waals surface area contributed by atoms with E-state index in [1.165, 1.54) is 22.5 Å². The summed E-state index contributed by atoms with van der Waals surface area (Å²) in [5, 5.41) is 1.87. The Morgan fingerprint density at radius 3 is 2.62 bits per heavy atom. The highest BCUT2D eigenvalue weighted by Crippen LogP contribution is 2.15. The highest BCUT2D eigenvalue weighted by molar-refractivity contribution is 7.12. The highest BCUT2D eigenvalue weighted by Gasteiger charge is 2.23. The summed E-state index contributed by atoms with van der Waals surface area (Å²) in [7, 11) is 1.60. The van der Waals surface area contributed by atoms with Crippen molar-refractivity contribution in [2.24, 2.45) is 0 Å². The van der Waals surface area contributed by atoms with Crippen LogP contribution in [-0.4, -0.2) is 59.5 Å². The molecule has 3 aromatic rings. The van der Waals surface area contributed by atoms with Crippen LogP contribution in [0.4, 0.5) is 0 Å². The van der Waals surface area contributed by atoms with Gasteiger partial charge in [0.05, 0.1) is 18.0 Å². The molecule has 0 bridgehead atoms. The Balaban J connectivity index is 1.74. The van der Waals surface area contributed by atoms with Crippen LogP contribution in [0.1, 0.15) is 46.3 Å². The van der Waals surface area contributed by atoms with Gasteiger partial charge in [-0.2, -0.15) is 0 Å². The van der Waals surface area contributed by atoms with Gasteiger partial charge < -0.3 is 19.1 Å². The third-order valence-corrected chi connectivity index (χ3v) is 6.61. The third-order valence-electron chi connectivity index (χ3n) is 5.76. The topological polar surface area (TPSA) is 54.8 Å². The van der Waals surface area contributed by atoms with Crippen LogP contribution < -0.4 is 0 Å². The van der Waals surface area contributed by atoms with Crippen molar-refractivity contribution >= 4 is 23.2 Å². The van der Waals surface area contributed by atoms with Gasteiger partial charge in [0.1, 0.15) is 6.54 Å². The fourth-order valence-electron chi connectivity index (χ4n) is 3.86. The molecule has 3 rings (SSSR count). The Kier molecular flexibility index (Phi) is 9.91. The maximum atomic E-state index is 13.4. The number of thiophene rings is 1. The van der Waals surface area contributed by atoms with Crippen LogP contribution in [0.3, 0.4) is 0 Å². The summed E-state index contributed by atoms with van der Waals surface area (Å²) in [6.07, 6.45) is 3.97. The minimum atomic E-state index is -0.126. The number of benzene rings is 1. The van der Waals surface area contributed by atoms with Gasteiger partial charge in [-0.3, -0.25) is 9.59 Å². The van der Waals surface area contributed by atoms with Gasteiger partial charge >= 0.3 is 0 Å². The fourth-order valence-corrected chi connectivity index (χ4v) is 4.55. The first-order valence-corrected chi connectivity index (χ1v) is 12.7. The lowest BCUT2D eigenvalue weighted by Crippen LogP contribution is -2.44. The first-order valence-electron chi connectivity index (χ1n) is 11.8. The maximum absolute atomic E-state index is 13.4. The van der Waals surface area contributed by atoms with Gasteiger partial charge in [0.2, 0.25) is 5.91 Å². The third kappa shape index (κ3) is 7.30. The molecule has 0 aliphatic carbocycles. The van der Waals surface area contributed by atoms with Gasteiger partial charge in [0.15, 0.2) is 0 Å². The lowest BCUT2D eigenvalue weighted by Gasteiger charge is -2.28. The Bertz CT molecular complexity index is 1050. The van der Waals surface area contributed by atoms with Gasteiger partial charge in [-0.15, -0.1) is 11.3 Å². The number of aromatic nitrogens is 1. The van der Waals surface area contributed by atoms with Gasteiger partial charge in [-0.1, -0.05) is 49.2 Å². The number of carbonyl (C=O) groups is 2. The smallest absolute Gasteiger partial charge is 0.264 e. The van der Waals surface area contributed by atoms with E-state index in [0.717, 1.165) is 25.1 Å². The maximum Gasteiger partial charge on any atom is 0.264 e. The first kappa shape index (κ1) is 25.7. The quantitative estimate of drug-likeness (QED) is 0.352. The molecule has 6 nitrogen and oxygen atoms in total. The Labute approximate surface area is 206 Å². The molecule has 0 aliphatic heterocycles. The number of amides is 2. The van der Waals surface area contributed by atoms with Crippen LogP contribution in [0.5, 0.6) is 0 Å². The predicted octanol–water partition coefficient (Wildman–Crippen LogP) is 4.82. The molecule has 2 heterocycles. The van der Waals surface area contributed by atoms with E-state index >= 15 is 0 Å². The predicted molar refractivity (Wildman–Crippen MR) is 137 cm³/mol. The van der Waals surface area contributed by atoms with Crippen molar-refractivity contribution in [3.05, 3.63) is 81.8 Å². The fraction of sp³-hybridized carbons (Fsp3) is 0.407. The molecular weight excluding hydrogens is 446 g/mol. The second-order valence-corrected chi connectivity index (χ2v) is 9.43. The van der Waals surface area contributed by atoms with E-state index < -0.39 is 0 Å². The summed E-state index contributed by atoms with van der Waals surface area (Å²) in [5.41, 5.74) is 3.55. The van der Waals surface area contributed by atoms with Crippen LogP contribution in [0, 0.1) is 6.92 Å². The van der Waals surface area contributed by atoms with Crippen LogP contribution in [0.15, 0.2) is 60.1 Å². The van der Waals surface area contributed by atoms with Crippen molar-refractivity contribution in [3.8, 4) is 0 Å². The van der Waals surface area contributed by atoms with Crippen molar-refractivity contribution in [3.63, 3.8) is 0 Å². The number of hydrogen-bond donors (Lipinski definition) is 0. The molecule has 0 spiro atoms. The lowest BCUT2D eigenvalue weighted by atomic mass is 10.1. The molecule has 0 atom stereocenters. The van der Waals surface area contributed by atoms with E-state index in [4.69, 9.17) is 4.74 Å². The first-order chi connectivity index (χ1) is 16.5.